The van der Waals surface area contributed by atoms with E-state index in [0.717, 1.165) is 25.2 Å². The van der Waals surface area contributed by atoms with Crippen LogP contribution in [0.1, 0.15) is 18.4 Å². The Kier molecular flexibility index (Phi) is 3.76. The molecule has 92 valence electrons. The zero-order chi connectivity index (χ0) is 12.3. The predicted molar refractivity (Wildman–Crippen MR) is 68.5 cm³/mol. The summed E-state index contributed by atoms with van der Waals surface area (Å²) in [7, 11) is 0. The van der Waals surface area contributed by atoms with Crippen molar-refractivity contribution >= 4 is 11.6 Å². The highest BCUT2D eigenvalue weighted by Gasteiger charge is 2.29. The van der Waals surface area contributed by atoms with Gasteiger partial charge in [0.25, 0.3) is 0 Å². The maximum atomic E-state index is 11.9. The molecule has 17 heavy (non-hydrogen) atoms. The summed E-state index contributed by atoms with van der Waals surface area (Å²) in [5.41, 5.74) is 7.67. The van der Waals surface area contributed by atoms with Crippen LogP contribution in [-0.2, 0) is 4.79 Å². The molecule has 1 aromatic carbocycles. The molecule has 1 saturated heterocycles. The number of anilines is 1. The summed E-state index contributed by atoms with van der Waals surface area (Å²) < 4.78 is 0. The minimum Gasteiger partial charge on any atom is -0.330 e. The molecule has 1 aromatic rings. The van der Waals surface area contributed by atoms with Gasteiger partial charge in [0.05, 0.1) is 5.69 Å². The number of hydrazine groups is 1. The van der Waals surface area contributed by atoms with E-state index in [1.807, 2.05) is 31.2 Å². The van der Waals surface area contributed by atoms with E-state index in [2.05, 4.69) is 5.01 Å². The topological polar surface area (TPSA) is 49.6 Å². The Hall–Kier alpha value is -1.39. The van der Waals surface area contributed by atoms with Gasteiger partial charge in [0.2, 0.25) is 5.91 Å². The lowest BCUT2D eigenvalue weighted by Crippen LogP contribution is -2.40. The molecule has 0 bridgehead atoms. The van der Waals surface area contributed by atoms with Crippen molar-refractivity contribution in [1.29, 1.82) is 0 Å². The average Bonchev–Trinajstić information content (AvgIpc) is 2.69. The Morgan fingerprint density at radius 1 is 1.29 bits per heavy atom. The predicted octanol–water partition coefficient (Wildman–Crippen LogP) is 1.30. The van der Waals surface area contributed by atoms with Gasteiger partial charge >= 0.3 is 0 Å². The fourth-order valence-corrected chi connectivity index (χ4v) is 2.07. The molecule has 0 spiro atoms. The van der Waals surface area contributed by atoms with Crippen LogP contribution in [0.4, 0.5) is 5.69 Å². The third-order valence-corrected chi connectivity index (χ3v) is 3.00. The molecule has 4 nitrogen and oxygen atoms in total. The monoisotopic (exact) mass is 233 g/mol. The van der Waals surface area contributed by atoms with Crippen LogP contribution < -0.4 is 10.7 Å². The zero-order valence-electron chi connectivity index (χ0n) is 10.2. The van der Waals surface area contributed by atoms with Gasteiger partial charge in [-0.1, -0.05) is 17.7 Å². The lowest BCUT2D eigenvalue weighted by Gasteiger charge is -2.27. The second kappa shape index (κ2) is 5.29. The van der Waals surface area contributed by atoms with E-state index in [1.165, 1.54) is 5.56 Å². The molecule has 1 fully saturated rings. The molecule has 1 amide bonds. The van der Waals surface area contributed by atoms with Gasteiger partial charge in [-0.2, -0.15) is 0 Å². The second-order valence-electron chi connectivity index (χ2n) is 4.39. The maximum absolute atomic E-state index is 11.9. The van der Waals surface area contributed by atoms with Crippen molar-refractivity contribution in [2.45, 2.75) is 19.8 Å². The van der Waals surface area contributed by atoms with E-state index in [0.29, 0.717) is 13.0 Å². The highest BCUT2D eigenvalue weighted by molar-refractivity contribution is 5.94. The SMILES string of the molecule is Cc1ccc(N2C(=O)CCN2CCCN)cc1. The third-order valence-electron chi connectivity index (χ3n) is 3.00. The van der Waals surface area contributed by atoms with Crippen molar-refractivity contribution in [3.05, 3.63) is 29.8 Å². The Bertz CT molecular complexity index is 388. The van der Waals surface area contributed by atoms with E-state index < -0.39 is 0 Å². The number of hydrogen-bond donors (Lipinski definition) is 1. The molecule has 0 atom stereocenters. The summed E-state index contributed by atoms with van der Waals surface area (Å²) in [4.78, 5) is 11.9. The molecule has 1 aliphatic heterocycles. The van der Waals surface area contributed by atoms with Gasteiger partial charge in [0.15, 0.2) is 0 Å². The van der Waals surface area contributed by atoms with Crippen LogP contribution in [0.25, 0.3) is 0 Å². The molecule has 0 saturated carbocycles. The minimum atomic E-state index is 0.172. The first kappa shape index (κ1) is 12.1. The third kappa shape index (κ3) is 2.65. The van der Waals surface area contributed by atoms with Crippen molar-refractivity contribution in [1.82, 2.24) is 5.01 Å². The number of carbonyl (C=O) groups excluding carboxylic acids is 1. The first-order chi connectivity index (χ1) is 8.22. The highest BCUT2D eigenvalue weighted by atomic mass is 16.2. The van der Waals surface area contributed by atoms with Crippen LogP contribution >= 0.6 is 0 Å². The van der Waals surface area contributed by atoms with Crippen molar-refractivity contribution in [3.63, 3.8) is 0 Å². The lowest BCUT2D eigenvalue weighted by molar-refractivity contribution is -0.118. The molecular weight excluding hydrogens is 214 g/mol. The normalized spacial score (nSPS) is 16.8. The Labute approximate surface area is 102 Å². The number of hydrogen-bond acceptors (Lipinski definition) is 3. The summed E-state index contributed by atoms with van der Waals surface area (Å²) in [5.74, 6) is 0.172. The number of nitrogens with two attached hydrogens (primary N) is 1. The van der Waals surface area contributed by atoms with Crippen LogP contribution in [0.5, 0.6) is 0 Å². The van der Waals surface area contributed by atoms with Crippen molar-refractivity contribution in [2.24, 2.45) is 5.73 Å². The summed E-state index contributed by atoms with van der Waals surface area (Å²) in [6, 6.07) is 8.05. The lowest BCUT2D eigenvalue weighted by atomic mass is 10.2. The van der Waals surface area contributed by atoms with E-state index in [-0.39, 0.29) is 5.91 Å². The largest absolute Gasteiger partial charge is 0.330 e. The van der Waals surface area contributed by atoms with Crippen molar-refractivity contribution < 1.29 is 4.79 Å². The van der Waals surface area contributed by atoms with E-state index in [4.69, 9.17) is 5.73 Å². The number of nitrogens with zero attached hydrogens (tertiary/aromatic N) is 2. The van der Waals surface area contributed by atoms with E-state index >= 15 is 0 Å². The Morgan fingerprint density at radius 3 is 2.65 bits per heavy atom. The molecule has 4 heteroatoms. The summed E-state index contributed by atoms with van der Waals surface area (Å²) in [6.45, 7) is 4.34. The standard InChI is InChI=1S/C13H19N3O/c1-11-3-5-12(6-4-11)16-13(17)7-10-15(16)9-2-8-14/h3-6H,2,7-10,14H2,1H3. The van der Waals surface area contributed by atoms with E-state index in [9.17, 15) is 4.79 Å². The van der Waals surface area contributed by atoms with Gasteiger partial charge in [-0.05, 0) is 32.0 Å². The van der Waals surface area contributed by atoms with Crippen molar-refractivity contribution in [2.75, 3.05) is 24.6 Å². The molecule has 1 aliphatic rings. The molecule has 0 aliphatic carbocycles. The highest BCUT2D eigenvalue weighted by Crippen LogP contribution is 2.23. The molecule has 1 heterocycles. The van der Waals surface area contributed by atoms with Crippen molar-refractivity contribution in [3.8, 4) is 0 Å². The maximum Gasteiger partial charge on any atom is 0.242 e. The van der Waals surface area contributed by atoms with Gasteiger partial charge in [-0.25, -0.2) is 10.0 Å². The van der Waals surface area contributed by atoms with Crippen LogP contribution in [0.2, 0.25) is 0 Å². The number of carbonyl (C=O) groups is 1. The first-order valence-corrected chi connectivity index (χ1v) is 6.07. The molecule has 0 aromatic heterocycles. The van der Waals surface area contributed by atoms with Gasteiger partial charge < -0.3 is 5.73 Å². The molecule has 0 radical (unpaired) electrons. The van der Waals surface area contributed by atoms with Gasteiger partial charge in [-0.3, -0.25) is 4.79 Å². The van der Waals surface area contributed by atoms with Crippen LogP contribution in [0, 0.1) is 6.92 Å². The second-order valence-corrected chi connectivity index (χ2v) is 4.39. The number of benzene rings is 1. The summed E-state index contributed by atoms with van der Waals surface area (Å²) in [6.07, 6.45) is 1.51. The average molecular weight is 233 g/mol. The van der Waals surface area contributed by atoms with Gasteiger partial charge in [0, 0.05) is 19.5 Å². The van der Waals surface area contributed by atoms with Gasteiger partial charge in [-0.15, -0.1) is 0 Å². The summed E-state index contributed by atoms with van der Waals surface area (Å²) in [5, 5.41) is 3.87. The molecule has 0 unspecified atom stereocenters. The Morgan fingerprint density at radius 2 is 2.00 bits per heavy atom. The zero-order valence-corrected chi connectivity index (χ0v) is 10.2. The molecular formula is C13H19N3O. The Balaban J connectivity index is 2.15. The minimum absolute atomic E-state index is 0.172. The molecule has 2 rings (SSSR count). The van der Waals surface area contributed by atoms with Crippen LogP contribution in [-0.4, -0.2) is 30.6 Å². The van der Waals surface area contributed by atoms with E-state index in [1.54, 1.807) is 5.01 Å². The smallest absolute Gasteiger partial charge is 0.242 e. The van der Waals surface area contributed by atoms with Crippen LogP contribution in [0.3, 0.4) is 0 Å². The molecule has 2 N–H and O–H groups in total. The number of rotatable bonds is 4. The fraction of sp³-hybridized carbons (Fsp3) is 0.462. The number of amides is 1. The fourth-order valence-electron chi connectivity index (χ4n) is 2.07. The first-order valence-electron chi connectivity index (χ1n) is 6.07. The van der Waals surface area contributed by atoms with Crippen LogP contribution in [0.15, 0.2) is 24.3 Å². The van der Waals surface area contributed by atoms with Gasteiger partial charge in [0.1, 0.15) is 0 Å². The number of aryl methyl sites for hydroxylation is 1. The summed E-state index contributed by atoms with van der Waals surface area (Å²) >= 11 is 0. The quantitative estimate of drug-likeness (QED) is 0.852.